The number of benzene rings is 1. The van der Waals surface area contributed by atoms with Crippen molar-refractivity contribution in [2.45, 2.75) is 32.7 Å². The zero-order chi connectivity index (χ0) is 17.4. The standard InChI is InChI=1S/C16H19N3O4/c1-10(2)15(16(22)23)19-14(21)8-7-13(20)18-12-6-4-3-5-11(12)9-17/h3-6,10,15H,7-8H2,1-2H3,(H,18,20)(H,19,21)(H,22,23). The van der Waals surface area contributed by atoms with E-state index in [4.69, 9.17) is 10.4 Å². The number of hydrogen-bond acceptors (Lipinski definition) is 4. The molecule has 0 spiro atoms. The van der Waals surface area contributed by atoms with Crippen molar-refractivity contribution >= 4 is 23.5 Å². The summed E-state index contributed by atoms with van der Waals surface area (Å²) in [4.78, 5) is 34.6. The smallest absolute Gasteiger partial charge is 0.326 e. The first-order chi connectivity index (χ1) is 10.8. The van der Waals surface area contributed by atoms with Crippen molar-refractivity contribution in [2.24, 2.45) is 5.92 Å². The highest BCUT2D eigenvalue weighted by Crippen LogP contribution is 2.14. The molecule has 0 heterocycles. The Kier molecular flexibility index (Phi) is 6.74. The van der Waals surface area contributed by atoms with E-state index in [-0.39, 0.29) is 18.8 Å². The molecule has 0 bridgehead atoms. The van der Waals surface area contributed by atoms with Gasteiger partial charge in [-0.05, 0) is 18.1 Å². The van der Waals surface area contributed by atoms with E-state index in [2.05, 4.69) is 10.6 Å². The van der Waals surface area contributed by atoms with Gasteiger partial charge in [-0.1, -0.05) is 26.0 Å². The van der Waals surface area contributed by atoms with Gasteiger partial charge < -0.3 is 15.7 Å². The Labute approximate surface area is 134 Å². The Morgan fingerprint density at radius 2 is 1.78 bits per heavy atom. The number of carboxylic acid groups (broad SMARTS) is 1. The van der Waals surface area contributed by atoms with Crippen LogP contribution in [0.2, 0.25) is 0 Å². The Bertz CT molecular complexity index is 634. The van der Waals surface area contributed by atoms with Gasteiger partial charge in [0.05, 0.1) is 11.3 Å². The first kappa shape index (κ1) is 18.2. The number of nitrogens with zero attached hydrogens (tertiary/aromatic N) is 1. The van der Waals surface area contributed by atoms with Gasteiger partial charge in [-0.2, -0.15) is 5.26 Å². The highest BCUT2D eigenvalue weighted by atomic mass is 16.4. The minimum Gasteiger partial charge on any atom is -0.480 e. The van der Waals surface area contributed by atoms with Crippen molar-refractivity contribution in [3.8, 4) is 6.07 Å². The lowest BCUT2D eigenvalue weighted by Gasteiger charge is -2.17. The van der Waals surface area contributed by atoms with Crippen molar-refractivity contribution in [3.05, 3.63) is 29.8 Å². The molecule has 0 radical (unpaired) electrons. The van der Waals surface area contributed by atoms with Crippen molar-refractivity contribution in [2.75, 3.05) is 5.32 Å². The molecule has 0 fully saturated rings. The number of para-hydroxylation sites is 1. The summed E-state index contributed by atoms with van der Waals surface area (Å²) >= 11 is 0. The highest BCUT2D eigenvalue weighted by molar-refractivity contribution is 5.94. The Morgan fingerprint density at radius 3 is 2.35 bits per heavy atom. The van der Waals surface area contributed by atoms with E-state index in [0.717, 1.165) is 0 Å². The molecular formula is C16H19N3O4. The summed E-state index contributed by atoms with van der Waals surface area (Å²) < 4.78 is 0. The molecule has 23 heavy (non-hydrogen) atoms. The van der Waals surface area contributed by atoms with Gasteiger partial charge in [0.2, 0.25) is 11.8 Å². The molecule has 1 aromatic rings. The molecule has 0 aromatic heterocycles. The van der Waals surface area contributed by atoms with E-state index in [9.17, 15) is 14.4 Å². The molecule has 1 aromatic carbocycles. The number of carbonyl (C=O) groups excluding carboxylic acids is 2. The lowest BCUT2D eigenvalue weighted by molar-refractivity contribution is -0.143. The van der Waals surface area contributed by atoms with E-state index in [0.29, 0.717) is 11.3 Å². The molecule has 1 rings (SSSR count). The SMILES string of the molecule is CC(C)C(NC(=O)CCC(=O)Nc1ccccc1C#N)C(=O)O. The number of amides is 2. The minimum absolute atomic E-state index is 0.101. The third kappa shape index (κ3) is 5.79. The van der Waals surface area contributed by atoms with Gasteiger partial charge in [0.15, 0.2) is 0 Å². The van der Waals surface area contributed by atoms with Gasteiger partial charge in [-0.3, -0.25) is 9.59 Å². The van der Waals surface area contributed by atoms with Crippen molar-refractivity contribution in [1.29, 1.82) is 5.26 Å². The number of hydrogen-bond donors (Lipinski definition) is 3. The average Bonchev–Trinajstić information content (AvgIpc) is 2.50. The largest absolute Gasteiger partial charge is 0.480 e. The van der Waals surface area contributed by atoms with Crippen LogP contribution in [-0.2, 0) is 14.4 Å². The fourth-order valence-corrected chi connectivity index (χ4v) is 1.89. The van der Waals surface area contributed by atoms with Crippen molar-refractivity contribution in [1.82, 2.24) is 5.32 Å². The first-order valence-corrected chi connectivity index (χ1v) is 7.16. The van der Waals surface area contributed by atoms with Crippen LogP contribution in [0.4, 0.5) is 5.69 Å². The number of carboxylic acids is 1. The topological polar surface area (TPSA) is 119 Å². The predicted molar refractivity (Wildman–Crippen MR) is 83.4 cm³/mol. The van der Waals surface area contributed by atoms with Crippen LogP contribution in [0.15, 0.2) is 24.3 Å². The van der Waals surface area contributed by atoms with E-state index in [1.165, 1.54) is 0 Å². The number of anilines is 1. The number of rotatable bonds is 7. The number of aliphatic carboxylic acids is 1. The van der Waals surface area contributed by atoms with Crippen molar-refractivity contribution in [3.63, 3.8) is 0 Å². The maximum atomic E-state index is 11.8. The molecule has 0 aliphatic heterocycles. The summed E-state index contributed by atoms with van der Waals surface area (Å²) in [6, 6.07) is 7.50. The van der Waals surface area contributed by atoms with Gasteiger partial charge in [-0.15, -0.1) is 0 Å². The van der Waals surface area contributed by atoms with Gasteiger partial charge in [0, 0.05) is 12.8 Å². The lowest BCUT2D eigenvalue weighted by atomic mass is 10.0. The number of nitrogens with one attached hydrogen (secondary N) is 2. The number of carbonyl (C=O) groups is 3. The normalized spacial score (nSPS) is 11.4. The van der Waals surface area contributed by atoms with Crippen LogP contribution in [0.3, 0.4) is 0 Å². The van der Waals surface area contributed by atoms with Gasteiger partial charge >= 0.3 is 5.97 Å². The Balaban J connectivity index is 2.51. The second kappa shape index (κ2) is 8.54. The minimum atomic E-state index is -1.11. The van der Waals surface area contributed by atoms with Crippen LogP contribution >= 0.6 is 0 Å². The number of nitriles is 1. The summed E-state index contributed by atoms with van der Waals surface area (Å²) in [5.41, 5.74) is 0.710. The van der Waals surface area contributed by atoms with E-state index in [1.54, 1.807) is 38.1 Å². The summed E-state index contributed by atoms with van der Waals surface area (Å²) in [6.45, 7) is 3.37. The van der Waals surface area contributed by atoms with Gasteiger partial charge in [-0.25, -0.2) is 4.79 Å². The average molecular weight is 317 g/mol. The summed E-state index contributed by atoms with van der Waals surface area (Å²) in [7, 11) is 0. The molecule has 122 valence electrons. The van der Waals surface area contributed by atoms with E-state index < -0.39 is 23.8 Å². The quantitative estimate of drug-likeness (QED) is 0.704. The summed E-state index contributed by atoms with van der Waals surface area (Å²) in [5, 5.41) is 22.9. The molecule has 1 atom stereocenters. The van der Waals surface area contributed by atoms with Crippen LogP contribution in [0.1, 0.15) is 32.3 Å². The first-order valence-electron chi connectivity index (χ1n) is 7.16. The van der Waals surface area contributed by atoms with Gasteiger partial charge in [0.25, 0.3) is 0 Å². The molecule has 0 saturated carbocycles. The second-order valence-electron chi connectivity index (χ2n) is 5.33. The molecule has 3 N–H and O–H groups in total. The van der Waals surface area contributed by atoms with Crippen LogP contribution in [0, 0.1) is 17.2 Å². The third-order valence-electron chi connectivity index (χ3n) is 3.15. The Hall–Kier alpha value is -2.88. The molecule has 1 unspecified atom stereocenters. The lowest BCUT2D eigenvalue weighted by Crippen LogP contribution is -2.44. The van der Waals surface area contributed by atoms with Crippen LogP contribution in [0.25, 0.3) is 0 Å². The molecule has 0 aliphatic rings. The fraction of sp³-hybridized carbons (Fsp3) is 0.375. The second-order valence-corrected chi connectivity index (χ2v) is 5.33. The molecule has 0 aliphatic carbocycles. The molecule has 7 nitrogen and oxygen atoms in total. The van der Waals surface area contributed by atoms with Crippen LogP contribution in [-0.4, -0.2) is 28.9 Å². The van der Waals surface area contributed by atoms with E-state index in [1.807, 2.05) is 6.07 Å². The zero-order valence-corrected chi connectivity index (χ0v) is 13.0. The maximum Gasteiger partial charge on any atom is 0.326 e. The predicted octanol–water partition coefficient (Wildman–Crippen LogP) is 1.50. The zero-order valence-electron chi connectivity index (χ0n) is 13.0. The highest BCUT2D eigenvalue weighted by Gasteiger charge is 2.23. The van der Waals surface area contributed by atoms with Gasteiger partial charge in [0.1, 0.15) is 12.1 Å². The maximum absolute atomic E-state index is 11.8. The Morgan fingerprint density at radius 1 is 1.17 bits per heavy atom. The monoisotopic (exact) mass is 317 g/mol. The van der Waals surface area contributed by atoms with Crippen LogP contribution in [0.5, 0.6) is 0 Å². The molecule has 7 heteroatoms. The summed E-state index contributed by atoms with van der Waals surface area (Å²) in [6.07, 6.45) is -0.229. The van der Waals surface area contributed by atoms with Crippen molar-refractivity contribution < 1.29 is 19.5 Å². The van der Waals surface area contributed by atoms with Crippen LogP contribution < -0.4 is 10.6 Å². The summed E-state index contributed by atoms with van der Waals surface area (Å²) in [5.74, 6) is -2.29. The van der Waals surface area contributed by atoms with E-state index >= 15 is 0 Å². The fourth-order valence-electron chi connectivity index (χ4n) is 1.89. The third-order valence-corrected chi connectivity index (χ3v) is 3.15. The molecule has 0 saturated heterocycles. The molecule has 2 amide bonds. The molecular weight excluding hydrogens is 298 g/mol.